The molecule has 0 saturated heterocycles. The Morgan fingerprint density at radius 2 is 1.81 bits per heavy atom. The van der Waals surface area contributed by atoms with Gasteiger partial charge in [0.15, 0.2) is 0 Å². The summed E-state index contributed by atoms with van der Waals surface area (Å²) < 4.78 is 13.1. The van der Waals surface area contributed by atoms with Gasteiger partial charge in [0, 0.05) is 30.1 Å². The molecular weight excluding hydrogens is 423 g/mol. The number of hydrogen-bond acceptors (Lipinski definition) is 2. The van der Waals surface area contributed by atoms with Crippen LogP contribution < -0.4 is 5.32 Å². The number of hydrogen-bond donors (Lipinski definition) is 3. The maximum Gasteiger partial charge on any atom is 0.123 e. The van der Waals surface area contributed by atoms with Crippen LogP contribution >= 0.6 is 11.6 Å². The Morgan fingerprint density at radius 3 is 2.59 bits per heavy atom. The van der Waals surface area contributed by atoms with Crippen LogP contribution in [-0.4, -0.2) is 16.1 Å². The molecule has 0 aliphatic carbocycles. The number of halogens is 2. The lowest BCUT2D eigenvalue weighted by atomic mass is 9.93. The second-order valence-electron chi connectivity index (χ2n) is 8.57. The SMILES string of the molecule is OC(CCCC1Cc2[nH]c3c(Cl)ccc(-c4ccccc4)c3c2CN1)c1ccc(F)cc1. The molecule has 0 amide bonds. The van der Waals surface area contributed by atoms with Gasteiger partial charge >= 0.3 is 0 Å². The van der Waals surface area contributed by atoms with Crippen molar-refractivity contribution in [1.82, 2.24) is 10.3 Å². The van der Waals surface area contributed by atoms with Gasteiger partial charge in [-0.25, -0.2) is 4.39 Å². The van der Waals surface area contributed by atoms with E-state index in [0.717, 1.165) is 41.9 Å². The van der Waals surface area contributed by atoms with E-state index in [1.54, 1.807) is 12.1 Å². The topological polar surface area (TPSA) is 48.0 Å². The van der Waals surface area contributed by atoms with Crippen LogP contribution in [0.4, 0.5) is 4.39 Å². The lowest BCUT2D eigenvalue weighted by Gasteiger charge is -2.25. The third-order valence-electron chi connectivity index (χ3n) is 6.48. The smallest absolute Gasteiger partial charge is 0.123 e. The normalized spacial score (nSPS) is 16.8. The number of aromatic amines is 1. The summed E-state index contributed by atoms with van der Waals surface area (Å²) in [6.07, 6.45) is 2.86. The van der Waals surface area contributed by atoms with E-state index in [9.17, 15) is 9.50 Å². The first-order valence-corrected chi connectivity index (χ1v) is 11.5. The molecule has 0 radical (unpaired) electrons. The predicted octanol–water partition coefficient (Wildman–Crippen LogP) is 6.55. The van der Waals surface area contributed by atoms with Crippen LogP contribution in [0.15, 0.2) is 66.7 Å². The zero-order valence-electron chi connectivity index (χ0n) is 17.7. The monoisotopic (exact) mass is 448 g/mol. The fourth-order valence-corrected chi connectivity index (χ4v) is 5.00. The minimum Gasteiger partial charge on any atom is -0.388 e. The number of fused-ring (bicyclic) bond motifs is 3. The average molecular weight is 449 g/mol. The van der Waals surface area contributed by atoms with E-state index >= 15 is 0 Å². The fraction of sp³-hybridized carbons (Fsp3) is 0.259. The summed E-state index contributed by atoms with van der Waals surface area (Å²) >= 11 is 6.56. The van der Waals surface area contributed by atoms with Crippen molar-refractivity contribution in [2.45, 2.75) is 44.4 Å². The highest BCUT2D eigenvalue weighted by molar-refractivity contribution is 6.35. The van der Waals surface area contributed by atoms with Crippen LogP contribution in [0, 0.1) is 5.82 Å². The Morgan fingerprint density at radius 1 is 1.03 bits per heavy atom. The maximum atomic E-state index is 13.1. The number of H-pyrrole nitrogens is 1. The fourth-order valence-electron chi connectivity index (χ4n) is 4.80. The molecule has 164 valence electrons. The Balaban J connectivity index is 1.30. The van der Waals surface area contributed by atoms with Crippen LogP contribution in [0.1, 0.15) is 42.2 Å². The van der Waals surface area contributed by atoms with Gasteiger partial charge in [0.2, 0.25) is 0 Å². The first-order valence-electron chi connectivity index (χ1n) is 11.1. The standard InChI is InChI=1S/C27H26ClFN2O/c28-23-14-13-21(17-5-2-1-3-6-17)26-22-16-30-20(15-24(22)31-27(23)26)7-4-8-25(32)18-9-11-19(29)12-10-18/h1-3,5-6,9-14,20,25,30-32H,4,7-8,15-16H2. The summed E-state index contributed by atoms with van der Waals surface area (Å²) in [5, 5.41) is 16.0. The number of benzene rings is 3. The van der Waals surface area contributed by atoms with Crippen molar-refractivity contribution in [3.63, 3.8) is 0 Å². The molecule has 1 aliphatic rings. The molecule has 3 aromatic carbocycles. The van der Waals surface area contributed by atoms with Crippen LogP contribution in [0.2, 0.25) is 5.02 Å². The van der Waals surface area contributed by atoms with Gasteiger partial charge in [-0.2, -0.15) is 0 Å². The summed E-state index contributed by atoms with van der Waals surface area (Å²) in [6.45, 7) is 0.792. The summed E-state index contributed by atoms with van der Waals surface area (Å²) in [6, 6.07) is 20.9. The summed E-state index contributed by atoms with van der Waals surface area (Å²) in [4.78, 5) is 3.60. The molecular formula is C27H26ClFN2O. The molecule has 32 heavy (non-hydrogen) atoms. The van der Waals surface area contributed by atoms with Gasteiger partial charge < -0.3 is 15.4 Å². The molecule has 1 aromatic heterocycles. The lowest BCUT2D eigenvalue weighted by Crippen LogP contribution is -2.35. The Hall–Kier alpha value is -2.66. The third kappa shape index (κ3) is 4.18. The second kappa shape index (κ2) is 9.07. The molecule has 0 fully saturated rings. The van der Waals surface area contributed by atoms with Crippen molar-refractivity contribution in [3.8, 4) is 11.1 Å². The highest BCUT2D eigenvalue weighted by Crippen LogP contribution is 2.38. The van der Waals surface area contributed by atoms with Gasteiger partial charge in [-0.15, -0.1) is 0 Å². The number of aliphatic hydroxyl groups is 1. The molecule has 2 heterocycles. The molecule has 0 spiro atoms. The number of nitrogens with one attached hydrogen (secondary N) is 2. The highest BCUT2D eigenvalue weighted by atomic mass is 35.5. The molecule has 5 heteroatoms. The van der Waals surface area contributed by atoms with Gasteiger partial charge in [0.1, 0.15) is 5.82 Å². The van der Waals surface area contributed by atoms with E-state index in [0.29, 0.717) is 12.5 Å². The number of aromatic nitrogens is 1. The van der Waals surface area contributed by atoms with Gasteiger partial charge in [0.25, 0.3) is 0 Å². The van der Waals surface area contributed by atoms with Crippen molar-refractivity contribution < 1.29 is 9.50 Å². The molecule has 2 unspecified atom stereocenters. The molecule has 4 aromatic rings. The van der Waals surface area contributed by atoms with Gasteiger partial charge in [-0.05, 0) is 59.7 Å². The molecule has 3 nitrogen and oxygen atoms in total. The summed E-state index contributed by atoms with van der Waals surface area (Å²) in [7, 11) is 0. The molecule has 3 N–H and O–H groups in total. The highest BCUT2D eigenvalue weighted by Gasteiger charge is 2.24. The van der Waals surface area contributed by atoms with Crippen LogP contribution in [0.3, 0.4) is 0 Å². The van der Waals surface area contributed by atoms with E-state index in [1.165, 1.54) is 39.9 Å². The van der Waals surface area contributed by atoms with E-state index < -0.39 is 6.10 Å². The van der Waals surface area contributed by atoms with Crippen molar-refractivity contribution in [1.29, 1.82) is 0 Å². The van der Waals surface area contributed by atoms with Crippen molar-refractivity contribution in [2.24, 2.45) is 0 Å². The van der Waals surface area contributed by atoms with Gasteiger partial charge in [-0.3, -0.25) is 0 Å². The molecule has 0 saturated carbocycles. The Labute approximate surface area is 192 Å². The second-order valence-corrected chi connectivity index (χ2v) is 8.98. The zero-order valence-corrected chi connectivity index (χ0v) is 18.5. The van der Waals surface area contributed by atoms with Gasteiger partial charge in [-0.1, -0.05) is 60.1 Å². The Bertz CT molecular complexity index is 1220. The number of rotatable bonds is 6. The van der Waals surface area contributed by atoms with Crippen LogP contribution in [-0.2, 0) is 13.0 Å². The van der Waals surface area contributed by atoms with Crippen molar-refractivity contribution >= 4 is 22.5 Å². The molecule has 0 bridgehead atoms. The largest absolute Gasteiger partial charge is 0.388 e. The van der Waals surface area contributed by atoms with Crippen LogP contribution in [0.25, 0.3) is 22.0 Å². The Kier molecular flexibility index (Phi) is 6.01. The van der Waals surface area contributed by atoms with Crippen LogP contribution in [0.5, 0.6) is 0 Å². The minimum absolute atomic E-state index is 0.281. The van der Waals surface area contributed by atoms with Crippen molar-refractivity contribution in [2.75, 3.05) is 0 Å². The van der Waals surface area contributed by atoms with E-state index in [1.807, 2.05) is 12.1 Å². The average Bonchev–Trinajstić information content (AvgIpc) is 3.20. The zero-order chi connectivity index (χ0) is 22.1. The third-order valence-corrected chi connectivity index (χ3v) is 6.80. The predicted molar refractivity (Wildman–Crippen MR) is 128 cm³/mol. The first kappa shape index (κ1) is 21.2. The number of aliphatic hydroxyl groups excluding tert-OH is 1. The first-order chi connectivity index (χ1) is 15.6. The van der Waals surface area contributed by atoms with Crippen molar-refractivity contribution in [3.05, 3.63) is 94.4 Å². The molecule has 5 rings (SSSR count). The minimum atomic E-state index is -0.560. The summed E-state index contributed by atoms with van der Waals surface area (Å²) in [5.74, 6) is -0.281. The molecule has 1 aliphatic heterocycles. The summed E-state index contributed by atoms with van der Waals surface area (Å²) in [5.41, 5.74) is 6.70. The van der Waals surface area contributed by atoms with E-state index in [4.69, 9.17) is 11.6 Å². The maximum absolute atomic E-state index is 13.1. The van der Waals surface area contributed by atoms with Gasteiger partial charge in [0.05, 0.1) is 16.6 Å². The molecule has 2 atom stereocenters. The lowest BCUT2D eigenvalue weighted by molar-refractivity contribution is 0.161. The van der Waals surface area contributed by atoms with E-state index in [2.05, 4.69) is 40.6 Å². The van der Waals surface area contributed by atoms with E-state index in [-0.39, 0.29) is 5.82 Å². The quantitative estimate of drug-likeness (QED) is 0.313.